The fraction of sp³-hybridized carbons (Fsp3) is 0.673. The number of hydrogen-bond acceptors (Lipinski definition) is 12. The molecule has 6 fully saturated rings. The first-order chi connectivity index (χ1) is 31.5. The molecule has 18 heteroatoms. The van der Waals surface area contributed by atoms with Crippen molar-refractivity contribution < 1.29 is 59.0 Å². The van der Waals surface area contributed by atoms with E-state index in [-0.39, 0.29) is 41.1 Å². The van der Waals surface area contributed by atoms with Crippen molar-refractivity contribution in [2.75, 3.05) is 78.8 Å². The molecule has 6 saturated heterocycles. The summed E-state index contributed by atoms with van der Waals surface area (Å²) in [6.07, 6.45) is 7.12. The van der Waals surface area contributed by atoms with Crippen LogP contribution in [-0.2, 0) is 33.8 Å². The van der Waals surface area contributed by atoms with Crippen molar-refractivity contribution in [1.29, 1.82) is 0 Å². The molecule has 7 aliphatic heterocycles. The Labute approximate surface area is 393 Å². The molecule has 2 aromatic rings. The molecular formula is C49H67F3N4O10S. The molecule has 0 aromatic heterocycles. The number of carbonyl (C=O) groups excluding carboxylic acids is 2. The smallest absolute Gasteiger partial charge is 0.444 e. The number of halogens is 3. The normalized spacial score (nSPS) is 25.0. The summed E-state index contributed by atoms with van der Waals surface area (Å²) < 4.78 is 94.7. The Hall–Kier alpha value is -3.94. The van der Waals surface area contributed by atoms with E-state index in [4.69, 9.17) is 23.7 Å². The predicted molar refractivity (Wildman–Crippen MR) is 244 cm³/mol. The Morgan fingerprint density at radius 1 is 0.672 bits per heavy atom. The van der Waals surface area contributed by atoms with Crippen molar-refractivity contribution in [2.45, 2.75) is 132 Å². The van der Waals surface area contributed by atoms with Gasteiger partial charge in [0.2, 0.25) is 0 Å². The summed E-state index contributed by atoms with van der Waals surface area (Å²) in [5, 5.41) is 0. The standard InChI is InChI=1S/C26H36N2O4.C23H31F3N2O6S/c1-25(2,3)32-24(29)28-17-26(18-28)14-21(16-31-26)27-11-8-19(9-12-27)22-6-4-5-7-23(22)20-10-13-30-15-20;1-21(2,3)33-20(29)28-14-22(15-28)12-17(13-32-22)27-10-8-16(9-11-27)18-6-4-5-7-19(18)34-35(30,31)23(24,25)26/h4-7,10,19,21H,8-9,11-18H2,1-3H3;4-7,16-17H,8-15H2,1-3H3/t21-;17-/m00/s1. The fourth-order valence-corrected chi connectivity index (χ4v) is 11.2. The maximum atomic E-state index is 12.8. The lowest BCUT2D eigenvalue weighted by molar-refractivity contribution is -0.109. The van der Waals surface area contributed by atoms with Crippen LogP contribution in [0.1, 0.15) is 109 Å². The molecule has 2 spiro atoms. The zero-order valence-corrected chi connectivity index (χ0v) is 40.5. The molecule has 67 heavy (non-hydrogen) atoms. The van der Waals surface area contributed by atoms with Gasteiger partial charge in [-0.3, -0.25) is 9.80 Å². The molecule has 0 saturated carbocycles. The molecule has 0 radical (unpaired) electrons. The van der Waals surface area contributed by atoms with Crippen LogP contribution in [0.3, 0.4) is 0 Å². The third-order valence-electron chi connectivity index (χ3n) is 14.0. The third kappa shape index (κ3) is 11.6. The summed E-state index contributed by atoms with van der Waals surface area (Å²) in [6, 6.07) is 15.5. The third-order valence-corrected chi connectivity index (χ3v) is 14.9. The van der Waals surface area contributed by atoms with Gasteiger partial charge in [0.15, 0.2) is 0 Å². The predicted octanol–water partition coefficient (Wildman–Crippen LogP) is 7.93. The van der Waals surface area contributed by atoms with Gasteiger partial charge in [-0.2, -0.15) is 21.6 Å². The van der Waals surface area contributed by atoms with Crippen LogP contribution in [0.25, 0.3) is 5.57 Å². The summed E-state index contributed by atoms with van der Waals surface area (Å²) >= 11 is 0. The first-order valence-electron chi connectivity index (χ1n) is 23.7. The molecule has 2 aromatic carbocycles. The SMILES string of the molecule is CC(C)(C)OC(=O)N1CC2(C[C@H](N3CCC(c4ccccc4C4=CCOC4)CC3)CO2)C1.CC(C)(C)OC(=O)N1CC2(C[C@H](N3CCC(c4ccccc4OS(=O)(=O)C(F)(F)F)CC3)CO2)C1. The van der Waals surface area contributed by atoms with Crippen LogP contribution in [0, 0.1) is 0 Å². The number of benzene rings is 2. The highest BCUT2D eigenvalue weighted by Gasteiger charge is 2.55. The van der Waals surface area contributed by atoms with E-state index in [1.54, 1.807) is 21.9 Å². The lowest BCUT2D eigenvalue weighted by Crippen LogP contribution is -2.64. The molecule has 7 heterocycles. The molecular weight excluding hydrogens is 894 g/mol. The molecule has 0 aliphatic carbocycles. The van der Waals surface area contributed by atoms with Crippen LogP contribution in [0.5, 0.6) is 5.75 Å². The minimum atomic E-state index is -5.73. The van der Waals surface area contributed by atoms with E-state index in [1.165, 1.54) is 41.7 Å². The van der Waals surface area contributed by atoms with E-state index in [0.29, 0.717) is 76.2 Å². The van der Waals surface area contributed by atoms with Crippen LogP contribution in [0.15, 0.2) is 54.6 Å². The monoisotopic (exact) mass is 960 g/mol. The molecule has 370 valence electrons. The lowest BCUT2D eigenvalue weighted by atomic mass is 9.83. The summed E-state index contributed by atoms with van der Waals surface area (Å²) in [4.78, 5) is 32.9. The van der Waals surface area contributed by atoms with Gasteiger partial charge in [-0.15, -0.1) is 0 Å². The number of ether oxygens (including phenoxy) is 5. The van der Waals surface area contributed by atoms with E-state index in [1.807, 2.05) is 41.5 Å². The van der Waals surface area contributed by atoms with Gasteiger partial charge >= 0.3 is 27.8 Å². The average molecular weight is 961 g/mol. The molecule has 0 bridgehead atoms. The number of hydrogen-bond donors (Lipinski definition) is 0. The summed E-state index contributed by atoms with van der Waals surface area (Å²) in [7, 11) is -5.73. The zero-order valence-electron chi connectivity index (χ0n) is 39.6. The van der Waals surface area contributed by atoms with Gasteiger partial charge in [-0.05, 0) is 146 Å². The van der Waals surface area contributed by atoms with Crippen molar-refractivity contribution >= 4 is 27.9 Å². The van der Waals surface area contributed by atoms with Gasteiger partial charge < -0.3 is 37.7 Å². The molecule has 2 atom stereocenters. The zero-order chi connectivity index (χ0) is 48.0. The first kappa shape index (κ1) is 49.5. The summed E-state index contributed by atoms with van der Waals surface area (Å²) in [6.45, 7) is 19.9. The van der Waals surface area contributed by atoms with Gasteiger partial charge in [0.25, 0.3) is 0 Å². The van der Waals surface area contributed by atoms with Crippen LogP contribution in [0.4, 0.5) is 22.8 Å². The fourth-order valence-electron chi connectivity index (χ4n) is 10.7. The molecule has 2 amide bonds. The number of alkyl halides is 3. The van der Waals surface area contributed by atoms with E-state index < -0.39 is 26.8 Å². The largest absolute Gasteiger partial charge is 0.534 e. The number of piperidine rings is 2. The van der Waals surface area contributed by atoms with E-state index in [2.05, 4.69) is 44.3 Å². The molecule has 0 N–H and O–H groups in total. The van der Waals surface area contributed by atoms with Gasteiger partial charge in [0.05, 0.1) is 52.6 Å². The number of amides is 2. The highest BCUT2D eigenvalue weighted by Crippen LogP contribution is 2.43. The Kier molecular flexibility index (Phi) is 14.1. The van der Waals surface area contributed by atoms with Gasteiger partial charge in [-0.1, -0.05) is 48.5 Å². The second-order valence-electron chi connectivity index (χ2n) is 21.3. The topological polar surface area (TPSA) is 137 Å². The van der Waals surface area contributed by atoms with Gasteiger partial charge in [0.1, 0.15) is 28.2 Å². The number of para-hydroxylation sites is 1. The van der Waals surface area contributed by atoms with E-state index in [0.717, 1.165) is 45.8 Å². The van der Waals surface area contributed by atoms with Gasteiger partial charge in [-0.25, -0.2) is 9.59 Å². The van der Waals surface area contributed by atoms with Crippen LogP contribution >= 0.6 is 0 Å². The number of likely N-dealkylation sites (tertiary alicyclic amines) is 4. The van der Waals surface area contributed by atoms with Crippen LogP contribution < -0.4 is 4.18 Å². The molecule has 0 unspecified atom stereocenters. The first-order valence-corrected chi connectivity index (χ1v) is 25.1. The number of carbonyl (C=O) groups is 2. The quantitative estimate of drug-likeness (QED) is 0.197. The lowest BCUT2D eigenvalue weighted by Gasteiger charge is -2.47. The van der Waals surface area contributed by atoms with Crippen LogP contribution in [-0.4, -0.2) is 159 Å². The number of rotatable bonds is 7. The Morgan fingerprint density at radius 2 is 1.12 bits per heavy atom. The Bertz CT molecular complexity index is 2230. The second kappa shape index (κ2) is 19.1. The van der Waals surface area contributed by atoms with Gasteiger partial charge in [0, 0.05) is 12.1 Å². The summed E-state index contributed by atoms with van der Waals surface area (Å²) in [5.74, 6) is 0.211. The maximum Gasteiger partial charge on any atom is 0.534 e. The maximum absolute atomic E-state index is 12.8. The Morgan fingerprint density at radius 3 is 1.57 bits per heavy atom. The Balaban J connectivity index is 0.000000182. The van der Waals surface area contributed by atoms with Crippen molar-refractivity contribution in [3.63, 3.8) is 0 Å². The van der Waals surface area contributed by atoms with E-state index >= 15 is 0 Å². The van der Waals surface area contributed by atoms with Crippen molar-refractivity contribution in [3.8, 4) is 5.75 Å². The average Bonchev–Trinajstić information content (AvgIpc) is 4.03. The van der Waals surface area contributed by atoms with Crippen molar-refractivity contribution in [3.05, 3.63) is 71.3 Å². The highest BCUT2D eigenvalue weighted by atomic mass is 32.2. The second-order valence-corrected chi connectivity index (χ2v) is 22.9. The number of nitrogens with zero attached hydrogens (tertiary/aromatic N) is 4. The molecule has 7 aliphatic rings. The van der Waals surface area contributed by atoms with Crippen LogP contribution in [0.2, 0.25) is 0 Å². The highest BCUT2D eigenvalue weighted by molar-refractivity contribution is 7.88. The van der Waals surface area contributed by atoms with E-state index in [9.17, 15) is 31.2 Å². The minimum absolute atomic E-state index is 0.117. The van der Waals surface area contributed by atoms with Crippen molar-refractivity contribution in [2.24, 2.45) is 0 Å². The molecule has 9 rings (SSSR count). The molecule has 14 nitrogen and oxygen atoms in total. The minimum Gasteiger partial charge on any atom is -0.444 e. The summed E-state index contributed by atoms with van der Waals surface area (Å²) in [5.41, 5.74) is -2.35. The van der Waals surface area contributed by atoms with Crippen molar-refractivity contribution in [1.82, 2.24) is 19.6 Å².